The number of anilines is 3. The van der Waals surface area contributed by atoms with Crippen molar-refractivity contribution in [2.75, 3.05) is 35.6 Å². The second-order valence-electron chi connectivity index (χ2n) is 5.30. The van der Waals surface area contributed by atoms with E-state index in [1.54, 1.807) is 18.2 Å². The Labute approximate surface area is 150 Å². The first-order valence-corrected chi connectivity index (χ1v) is 8.11. The molecule has 6 nitrogen and oxygen atoms in total. The highest BCUT2D eigenvalue weighted by atomic mass is 35.5. The maximum absolute atomic E-state index is 13.4. The minimum atomic E-state index is -0.545. The van der Waals surface area contributed by atoms with Gasteiger partial charge in [0.1, 0.15) is 5.82 Å². The van der Waals surface area contributed by atoms with Gasteiger partial charge in [0.05, 0.1) is 0 Å². The highest BCUT2D eigenvalue weighted by Crippen LogP contribution is 2.23. The lowest BCUT2D eigenvalue weighted by Gasteiger charge is -2.13. The normalized spacial score (nSPS) is 10.4. The molecule has 0 fully saturated rings. The van der Waals surface area contributed by atoms with Crippen molar-refractivity contribution in [2.24, 2.45) is 5.73 Å². The summed E-state index contributed by atoms with van der Waals surface area (Å²) >= 11 is 6.04. The van der Waals surface area contributed by atoms with Crippen molar-refractivity contribution in [3.8, 4) is 0 Å². The third-order valence-corrected chi connectivity index (χ3v) is 3.55. The van der Waals surface area contributed by atoms with Gasteiger partial charge in [0.2, 0.25) is 0 Å². The van der Waals surface area contributed by atoms with Crippen molar-refractivity contribution in [1.29, 1.82) is 0 Å². The Balaban J connectivity index is 2.10. The molecular formula is C17H20ClFN4O2. The summed E-state index contributed by atoms with van der Waals surface area (Å²) < 4.78 is 13.4. The van der Waals surface area contributed by atoms with Crippen molar-refractivity contribution in [3.63, 3.8) is 0 Å². The van der Waals surface area contributed by atoms with Crippen LogP contribution in [0.15, 0.2) is 36.4 Å². The van der Waals surface area contributed by atoms with E-state index in [0.29, 0.717) is 41.5 Å². The zero-order chi connectivity index (χ0) is 18.2. The molecular weight excluding hydrogens is 347 g/mol. The molecule has 0 atom stereocenters. The van der Waals surface area contributed by atoms with E-state index in [2.05, 4.69) is 16.0 Å². The van der Waals surface area contributed by atoms with Crippen molar-refractivity contribution in [2.45, 2.75) is 6.42 Å². The van der Waals surface area contributed by atoms with Gasteiger partial charge < -0.3 is 26.8 Å². The van der Waals surface area contributed by atoms with E-state index in [1.807, 2.05) is 0 Å². The summed E-state index contributed by atoms with van der Waals surface area (Å²) in [6.45, 7) is 0.926. The number of urea groups is 1. The van der Waals surface area contributed by atoms with Gasteiger partial charge in [0.15, 0.2) is 0 Å². The Kier molecular flexibility index (Phi) is 7.00. The fraction of sp³-hybridized carbons (Fsp3) is 0.235. The van der Waals surface area contributed by atoms with Gasteiger partial charge in [-0.15, -0.1) is 0 Å². The van der Waals surface area contributed by atoms with Crippen molar-refractivity contribution in [1.82, 2.24) is 0 Å². The van der Waals surface area contributed by atoms with Crippen molar-refractivity contribution in [3.05, 3.63) is 52.8 Å². The van der Waals surface area contributed by atoms with E-state index in [0.717, 1.165) is 5.69 Å². The minimum absolute atomic E-state index is 0.105. The molecule has 0 aliphatic carbocycles. The second kappa shape index (κ2) is 9.22. The van der Waals surface area contributed by atoms with Gasteiger partial charge in [-0.25, -0.2) is 9.18 Å². The molecule has 6 N–H and O–H groups in total. The van der Waals surface area contributed by atoms with Gasteiger partial charge in [0.25, 0.3) is 0 Å². The first kappa shape index (κ1) is 19.0. The summed E-state index contributed by atoms with van der Waals surface area (Å²) in [5, 5.41) is 17.8. The van der Waals surface area contributed by atoms with Crippen LogP contribution in [0.5, 0.6) is 0 Å². The first-order chi connectivity index (χ1) is 12.0. The molecule has 2 aromatic carbocycles. The quantitative estimate of drug-likeness (QED) is 0.520. The van der Waals surface area contributed by atoms with Crippen LogP contribution in [0.2, 0.25) is 5.02 Å². The molecule has 0 unspecified atom stereocenters. The standard InChI is InChI=1S/C17H20ClFN4O2/c18-12-7-14(21-5-4-20)10-15(8-12)22-17(25)23-16-9-13(19)2-1-11(16)3-6-24/h1-2,7-10,21,24H,3-6,20H2,(H2,22,23,25). The van der Waals surface area contributed by atoms with E-state index >= 15 is 0 Å². The molecule has 25 heavy (non-hydrogen) atoms. The van der Waals surface area contributed by atoms with Crippen LogP contribution in [0.25, 0.3) is 0 Å². The molecule has 0 aliphatic heterocycles. The summed E-state index contributed by atoms with van der Waals surface area (Å²) in [5.74, 6) is -0.479. The van der Waals surface area contributed by atoms with Crippen LogP contribution < -0.4 is 21.7 Å². The van der Waals surface area contributed by atoms with E-state index in [4.69, 9.17) is 22.4 Å². The lowest BCUT2D eigenvalue weighted by molar-refractivity contribution is 0.262. The largest absolute Gasteiger partial charge is 0.396 e. The summed E-state index contributed by atoms with van der Waals surface area (Å²) in [7, 11) is 0. The Bertz CT molecular complexity index is 743. The number of amides is 2. The molecule has 2 aromatic rings. The topological polar surface area (TPSA) is 99.4 Å². The van der Waals surface area contributed by atoms with Crippen molar-refractivity contribution < 1.29 is 14.3 Å². The van der Waals surface area contributed by atoms with E-state index in [9.17, 15) is 9.18 Å². The number of benzene rings is 2. The van der Waals surface area contributed by atoms with Crippen LogP contribution in [0.1, 0.15) is 5.56 Å². The summed E-state index contributed by atoms with van der Waals surface area (Å²) in [4.78, 5) is 12.2. The molecule has 0 aliphatic rings. The number of nitrogens with two attached hydrogens (primary N) is 1. The molecule has 0 spiro atoms. The molecule has 2 amide bonds. The number of aliphatic hydroxyl groups is 1. The first-order valence-electron chi connectivity index (χ1n) is 7.73. The van der Waals surface area contributed by atoms with Crippen LogP contribution in [0, 0.1) is 5.82 Å². The van der Waals surface area contributed by atoms with Crippen LogP contribution in [-0.2, 0) is 6.42 Å². The molecule has 134 valence electrons. The number of rotatable bonds is 7. The highest BCUT2D eigenvalue weighted by Gasteiger charge is 2.09. The van der Waals surface area contributed by atoms with E-state index in [-0.39, 0.29) is 6.61 Å². The average molecular weight is 367 g/mol. The fourth-order valence-corrected chi connectivity index (χ4v) is 2.50. The number of hydrogen-bond donors (Lipinski definition) is 5. The van der Waals surface area contributed by atoms with Gasteiger partial charge in [-0.1, -0.05) is 17.7 Å². The predicted octanol–water partition coefficient (Wildman–Crippen LogP) is 3.03. The van der Waals surface area contributed by atoms with Crippen LogP contribution in [0.3, 0.4) is 0 Å². The average Bonchev–Trinajstić information content (AvgIpc) is 2.55. The second-order valence-corrected chi connectivity index (χ2v) is 5.73. The van der Waals surface area contributed by atoms with Gasteiger partial charge in [-0.05, 0) is 42.3 Å². The van der Waals surface area contributed by atoms with Gasteiger partial charge in [-0.3, -0.25) is 0 Å². The molecule has 2 rings (SSSR count). The van der Waals surface area contributed by atoms with Gasteiger partial charge in [-0.2, -0.15) is 0 Å². The number of aliphatic hydroxyl groups excluding tert-OH is 1. The molecule has 0 radical (unpaired) electrons. The zero-order valence-corrected chi connectivity index (χ0v) is 14.2. The summed E-state index contributed by atoms with van der Waals surface area (Å²) in [6.07, 6.45) is 0.306. The lowest BCUT2D eigenvalue weighted by atomic mass is 10.1. The van der Waals surface area contributed by atoms with Crippen LogP contribution in [-0.4, -0.2) is 30.8 Å². The molecule has 8 heteroatoms. The third-order valence-electron chi connectivity index (χ3n) is 3.33. The highest BCUT2D eigenvalue weighted by molar-refractivity contribution is 6.31. The Morgan fingerprint density at radius 3 is 2.64 bits per heavy atom. The predicted molar refractivity (Wildman–Crippen MR) is 98.8 cm³/mol. The number of nitrogens with one attached hydrogen (secondary N) is 3. The lowest BCUT2D eigenvalue weighted by Crippen LogP contribution is -2.21. The monoisotopic (exact) mass is 366 g/mol. The van der Waals surface area contributed by atoms with Crippen LogP contribution >= 0.6 is 11.6 Å². The Hall–Kier alpha value is -2.35. The van der Waals surface area contributed by atoms with E-state index < -0.39 is 11.8 Å². The zero-order valence-electron chi connectivity index (χ0n) is 13.5. The minimum Gasteiger partial charge on any atom is -0.396 e. The molecule has 0 bridgehead atoms. The third kappa shape index (κ3) is 5.90. The van der Waals surface area contributed by atoms with Crippen LogP contribution in [0.4, 0.5) is 26.2 Å². The maximum Gasteiger partial charge on any atom is 0.323 e. The number of halogens is 2. The summed E-state index contributed by atoms with van der Waals surface area (Å²) in [6, 6.07) is 8.48. The molecule has 0 aromatic heterocycles. The van der Waals surface area contributed by atoms with E-state index in [1.165, 1.54) is 18.2 Å². The van der Waals surface area contributed by atoms with Gasteiger partial charge >= 0.3 is 6.03 Å². The van der Waals surface area contributed by atoms with Gasteiger partial charge in [0, 0.05) is 41.8 Å². The summed E-state index contributed by atoms with van der Waals surface area (Å²) in [5.41, 5.74) is 7.58. The SMILES string of the molecule is NCCNc1cc(Cl)cc(NC(=O)Nc2cc(F)ccc2CCO)c1. The van der Waals surface area contributed by atoms with Crippen molar-refractivity contribution >= 4 is 34.7 Å². The fourth-order valence-electron chi connectivity index (χ4n) is 2.27. The molecule has 0 saturated carbocycles. The smallest absolute Gasteiger partial charge is 0.323 e. The number of carbonyl (C=O) groups is 1. The molecule has 0 heterocycles. The molecule has 0 saturated heterocycles. The Morgan fingerprint density at radius 2 is 1.92 bits per heavy atom. The number of hydrogen-bond acceptors (Lipinski definition) is 4. The maximum atomic E-state index is 13.4. The number of carbonyl (C=O) groups excluding carboxylic acids is 1. The Morgan fingerprint density at radius 1 is 1.16 bits per heavy atom.